The molecule has 0 radical (unpaired) electrons. The molecule has 0 N–H and O–H groups in total. The maximum atomic E-state index is 2.39. The van der Waals surface area contributed by atoms with Crippen molar-refractivity contribution in [2.75, 3.05) is 0 Å². The van der Waals surface area contributed by atoms with Crippen LogP contribution in [0.1, 0.15) is 40.0 Å². The van der Waals surface area contributed by atoms with Crippen LogP contribution in [-0.2, 0) is 0 Å². The largest absolute Gasteiger partial charge is 0.0818 e. The van der Waals surface area contributed by atoms with Gasteiger partial charge in [0.2, 0.25) is 0 Å². The van der Waals surface area contributed by atoms with Gasteiger partial charge in [-0.25, -0.2) is 0 Å². The van der Waals surface area contributed by atoms with Crippen molar-refractivity contribution in [3.63, 3.8) is 0 Å². The van der Waals surface area contributed by atoms with Crippen LogP contribution in [-0.4, -0.2) is 0 Å². The average molecular weight is 150 g/mol. The first-order valence-electron chi connectivity index (χ1n) is 4.57. The Morgan fingerprint density at radius 1 is 1.73 bits per heavy atom. The van der Waals surface area contributed by atoms with Crippen LogP contribution in [0.4, 0.5) is 0 Å². The fraction of sp³-hybridized carbons (Fsp3) is 0.636. The number of hydrogen-bond acceptors (Lipinski definition) is 0. The zero-order valence-electron chi connectivity index (χ0n) is 7.85. The molecule has 0 saturated carbocycles. The summed E-state index contributed by atoms with van der Waals surface area (Å²) >= 11 is 0. The van der Waals surface area contributed by atoms with Gasteiger partial charge in [0.15, 0.2) is 0 Å². The fourth-order valence-electron chi connectivity index (χ4n) is 1.38. The second-order valence-corrected chi connectivity index (χ2v) is 3.61. The van der Waals surface area contributed by atoms with Crippen molar-refractivity contribution in [3.05, 3.63) is 23.3 Å². The molecule has 0 aliphatic heterocycles. The van der Waals surface area contributed by atoms with Gasteiger partial charge in [-0.15, -0.1) is 0 Å². The Morgan fingerprint density at radius 2 is 2.36 bits per heavy atom. The molecule has 0 amide bonds. The molecule has 1 rings (SSSR count). The molecule has 0 aromatic carbocycles. The summed E-state index contributed by atoms with van der Waals surface area (Å²) < 4.78 is 0. The van der Waals surface area contributed by atoms with Gasteiger partial charge in [0.05, 0.1) is 0 Å². The minimum atomic E-state index is 0.848. The van der Waals surface area contributed by atoms with Crippen molar-refractivity contribution in [1.82, 2.24) is 0 Å². The average Bonchev–Trinajstić information content (AvgIpc) is 1.95. The van der Waals surface area contributed by atoms with Crippen molar-refractivity contribution in [2.45, 2.75) is 40.0 Å². The molecule has 62 valence electrons. The lowest BCUT2D eigenvalue weighted by Gasteiger charge is -2.20. The van der Waals surface area contributed by atoms with Crippen molar-refractivity contribution < 1.29 is 0 Å². The van der Waals surface area contributed by atoms with Crippen LogP contribution in [0.15, 0.2) is 23.3 Å². The molecule has 0 heterocycles. The SMILES string of the molecule is CC/C(C)=C/CC1=CC(C)C1. The predicted molar refractivity (Wildman–Crippen MR) is 50.5 cm³/mol. The number of allylic oxidation sites excluding steroid dienone is 4. The van der Waals surface area contributed by atoms with E-state index in [-0.39, 0.29) is 0 Å². The molecule has 0 aromatic heterocycles. The summed E-state index contributed by atoms with van der Waals surface area (Å²) in [7, 11) is 0. The monoisotopic (exact) mass is 150 g/mol. The van der Waals surface area contributed by atoms with Gasteiger partial charge in [0.25, 0.3) is 0 Å². The summed E-state index contributed by atoms with van der Waals surface area (Å²) in [5, 5.41) is 0. The highest BCUT2D eigenvalue weighted by molar-refractivity contribution is 5.19. The topological polar surface area (TPSA) is 0 Å². The number of hydrogen-bond donors (Lipinski definition) is 0. The molecule has 1 atom stereocenters. The van der Waals surface area contributed by atoms with E-state index in [1.807, 2.05) is 0 Å². The zero-order chi connectivity index (χ0) is 8.27. The van der Waals surface area contributed by atoms with E-state index in [1.165, 1.54) is 24.8 Å². The van der Waals surface area contributed by atoms with Gasteiger partial charge >= 0.3 is 0 Å². The Kier molecular flexibility index (Phi) is 2.92. The van der Waals surface area contributed by atoms with E-state index >= 15 is 0 Å². The summed E-state index contributed by atoms with van der Waals surface area (Å²) in [6.45, 7) is 6.70. The van der Waals surface area contributed by atoms with Gasteiger partial charge in [-0.05, 0) is 32.1 Å². The van der Waals surface area contributed by atoms with E-state index in [9.17, 15) is 0 Å². The quantitative estimate of drug-likeness (QED) is 0.538. The fourth-order valence-corrected chi connectivity index (χ4v) is 1.38. The molecule has 0 heteroatoms. The van der Waals surface area contributed by atoms with Crippen LogP contribution in [0.25, 0.3) is 0 Å². The van der Waals surface area contributed by atoms with E-state index in [0.29, 0.717) is 0 Å². The van der Waals surface area contributed by atoms with E-state index in [4.69, 9.17) is 0 Å². The Bertz CT molecular complexity index is 184. The molecule has 0 spiro atoms. The van der Waals surface area contributed by atoms with Crippen molar-refractivity contribution in [2.24, 2.45) is 5.92 Å². The minimum absolute atomic E-state index is 0.848. The zero-order valence-corrected chi connectivity index (χ0v) is 7.85. The summed E-state index contributed by atoms with van der Waals surface area (Å²) in [4.78, 5) is 0. The van der Waals surface area contributed by atoms with Gasteiger partial charge in [-0.2, -0.15) is 0 Å². The van der Waals surface area contributed by atoms with Crippen LogP contribution >= 0.6 is 0 Å². The lowest BCUT2D eigenvalue weighted by Crippen LogP contribution is -2.04. The predicted octanol–water partition coefficient (Wildman–Crippen LogP) is 3.70. The van der Waals surface area contributed by atoms with Gasteiger partial charge < -0.3 is 0 Å². The lowest BCUT2D eigenvalue weighted by atomic mass is 9.86. The molecule has 0 aromatic rings. The molecule has 0 nitrogen and oxygen atoms in total. The van der Waals surface area contributed by atoms with E-state index in [0.717, 1.165) is 5.92 Å². The smallest absolute Gasteiger partial charge is 0.0136 e. The van der Waals surface area contributed by atoms with Gasteiger partial charge in [0, 0.05) is 0 Å². The normalized spacial score (nSPS) is 24.5. The highest BCUT2D eigenvalue weighted by atomic mass is 14.2. The first-order chi connectivity index (χ1) is 5.22. The summed E-state index contributed by atoms with van der Waals surface area (Å²) in [5.74, 6) is 0.848. The molecule has 0 bridgehead atoms. The molecule has 11 heavy (non-hydrogen) atoms. The lowest BCUT2D eigenvalue weighted by molar-refractivity contribution is 0.625. The Morgan fingerprint density at radius 3 is 2.82 bits per heavy atom. The Hall–Kier alpha value is -0.520. The van der Waals surface area contributed by atoms with Crippen LogP contribution in [0.5, 0.6) is 0 Å². The summed E-state index contributed by atoms with van der Waals surface area (Å²) in [6.07, 6.45) is 8.47. The summed E-state index contributed by atoms with van der Waals surface area (Å²) in [6, 6.07) is 0. The summed E-state index contributed by atoms with van der Waals surface area (Å²) in [5.41, 5.74) is 3.15. The first kappa shape index (κ1) is 8.58. The van der Waals surface area contributed by atoms with Gasteiger partial charge in [-0.3, -0.25) is 0 Å². The second kappa shape index (κ2) is 3.75. The van der Waals surface area contributed by atoms with Crippen molar-refractivity contribution in [3.8, 4) is 0 Å². The van der Waals surface area contributed by atoms with Crippen molar-refractivity contribution >= 4 is 0 Å². The first-order valence-corrected chi connectivity index (χ1v) is 4.57. The van der Waals surface area contributed by atoms with E-state index in [1.54, 1.807) is 5.57 Å². The number of rotatable bonds is 3. The molecule has 1 aliphatic carbocycles. The van der Waals surface area contributed by atoms with E-state index in [2.05, 4.69) is 32.9 Å². The van der Waals surface area contributed by atoms with Crippen LogP contribution < -0.4 is 0 Å². The van der Waals surface area contributed by atoms with Crippen molar-refractivity contribution in [1.29, 1.82) is 0 Å². The maximum absolute atomic E-state index is 2.39. The highest BCUT2D eigenvalue weighted by Crippen LogP contribution is 2.28. The van der Waals surface area contributed by atoms with Crippen LogP contribution in [0.2, 0.25) is 0 Å². The molecular weight excluding hydrogens is 132 g/mol. The highest BCUT2D eigenvalue weighted by Gasteiger charge is 2.11. The third-order valence-electron chi connectivity index (χ3n) is 2.37. The van der Waals surface area contributed by atoms with Crippen LogP contribution in [0.3, 0.4) is 0 Å². The minimum Gasteiger partial charge on any atom is -0.0818 e. The third-order valence-corrected chi connectivity index (χ3v) is 2.37. The molecule has 1 unspecified atom stereocenters. The molecule has 0 saturated heterocycles. The Balaban J connectivity index is 2.28. The van der Waals surface area contributed by atoms with Crippen LogP contribution in [0, 0.1) is 5.92 Å². The maximum Gasteiger partial charge on any atom is -0.0136 e. The van der Waals surface area contributed by atoms with E-state index < -0.39 is 0 Å². The van der Waals surface area contributed by atoms with Gasteiger partial charge in [-0.1, -0.05) is 37.1 Å². The standard InChI is InChI=1S/C11H18/c1-4-9(2)5-6-11-7-10(3)8-11/h5,7,10H,4,6,8H2,1-3H3/b9-5+. The Labute approximate surface area is 70.0 Å². The molecule has 1 aliphatic rings. The third kappa shape index (κ3) is 2.53. The van der Waals surface area contributed by atoms with Gasteiger partial charge in [0.1, 0.15) is 0 Å². The molecular formula is C11H18. The second-order valence-electron chi connectivity index (χ2n) is 3.61. The molecule has 0 fully saturated rings.